The Bertz CT molecular complexity index is 1360. The molecule has 0 aliphatic carbocycles. The summed E-state index contributed by atoms with van der Waals surface area (Å²) in [5, 5.41) is 0.554. The molecule has 5 nitrogen and oxygen atoms in total. The van der Waals surface area contributed by atoms with Gasteiger partial charge in [-0.3, -0.25) is 9.69 Å². The summed E-state index contributed by atoms with van der Waals surface area (Å²) in [5.74, 6) is -0.791. The maximum atomic E-state index is 14.9. The number of hydrogen-bond donors (Lipinski definition) is 0. The third-order valence-corrected chi connectivity index (χ3v) is 6.94. The molecule has 1 saturated heterocycles. The summed E-state index contributed by atoms with van der Waals surface area (Å²) in [7, 11) is 0. The summed E-state index contributed by atoms with van der Waals surface area (Å²) in [6, 6.07) is 20.5. The van der Waals surface area contributed by atoms with E-state index in [4.69, 9.17) is 11.6 Å². The average molecular weight is 503 g/mol. The molecular weight excluding hydrogens is 475 g/mol. The van der Waals surface area contributed by atoms with Crippen LogP contribution in [0.2, 0.25) is 5.02 Å². The summed E-state index contributed by atoms with van der Waals surface area (Å²) in [6.07, 6.45) is 7.93. The van der Waals surface area contributed by atoms with Crippen molar-refractivity contribution in [3.63, 3.8) is 0 Å². The molecule has 184 valence electrons. The first kappa shape index (κ1) is 24.2. The van der Waals surface area contributed by atoms with E-state index in [1.54, 1.807) is 36.7 Å². The van der Waals surface area contributed by atoms with Crippen molar-refractivity contribution in [3.05, 3.63) is 113 Å². The molecular formula is C29H28ClFN4O. The lowest BCUT2D eigenvalue weighted by atomic mass is 9.91. The Morgan fingerprint density at radius 3 is 2.53 bits per heavy atom. The molecule has 1 aliphatic heterocycles. The van der Waals surface area contributed by atoms with E-state index in [0.717, 1.165) is 25.3 Å². The van der Waals surface area contributed by atoms with Crippen molar-refractivity contribution in [2.75, 3.05) is 32.7 Å². The maximum absolute atomic E-state index is 14.9. The van der Waals surface area contributed by atoms with E-state index in [1.165, 1.54) is 11.6 Å². The monoisotopic (exact) mass is 502 g/mol. The number of pyridine rings is 1. The Balaban J connectivity index is 1.28. The second-order valence-corrected chi connectivity index (χ2v) is 9.47. The molecule has 1 fully saturated rings. The smallest absolute Gasteiger partial charge is 0.223 e. The number of amides is 1. The highest BCUT2D eigenvalue weighted by Gasteiger charge is 2.28. The minimum atomic E-state index is -0.473. The lowest BCUT2D eigenvalue weighted by molar-refractivity contribution is -0.133. The van der Waals surface area contributed by atoms with Crippen molar-refractivity contribution in [1.82, 2.24) is 19.2 Å². The largest absolute Gasteiger partial charge is 0.340 e. The number of fused-ring (bicyclic) bond motifs is 1. The summed E-state index contributed by atoms with van der Waals surface area (Å²) >= 11 is 6.23. The molecule has 7 heteroatoms. The highest BCUT2D eigenvalue weighted by atomic mass is 35.5. The highest BCUT2D eigenvalue weighted by molar-refractivity contribution is 6.30. The van der Waals surface area contributed by atoms with Crippen molar-refractivity contribution in [3.8, 4) is 0 Å². The molecule has 0 saturated carbocycles. The molecule has 1 amide bonds. The predicted octanol–water partition coefficient (Wildman–Crippen LogP) is 5.51. The fourth-order valence-electron chi connectivity index (χ4n) is 4.75. The van der Waals surface area contributed by atoms with Crippen LogP contribution in [0, 0.1) is 5.82 Å². The first-order valence-electron chi connectivity index (χ1n) is 12.2. The van der Waals surface area contributed by atoms with Crippen molar-refractivity contribution in [1.29, 1.82) is 0 Å². The van der Waals surface area contributed by atoms with Gasteiger partial charge in [-0.1, -0.05) is 72.3 Å². The van der Waals surface area contributed by atoms with Gasteiger partial charge >= 0.3 is 0 Å². The Kier molecular flexibility index (Phi) is 7.44. The number of carbonyl (C=O) groups excluding carboxylic acids is 1. The third-order valence-electron chi connectivity index (χ3n) is 6.71. The van der Waals surface area contributed by atoms with Crippen LogP contribution in [0.15, 0.2) is 85.2 Å². The zero-order valence-electron chi connectivity index (χ0n) is 19.9. The van der Waals surface area contributed by atoms with Crippen molar-refractivity contribution in [2.45, 2.75) is 12.3 Å². The number of piperazine rings is 1. The van der Waals surface area contributed by atoms with Gasteiger partial charge in [0.05, 0.1) is 10.7 Å². The molecule has 0 radical (unpaired) electrons. The van der Waals surface area contributed by atoms with E-state index in [0.29, 0.717) is 29.3 Å². The van der Waals surface area contributed by atoms with Gasteiger partial charge in [0.15, 0.2) is 0 Å². The van der Waals surface area contributed by atoms with Crippen LogP contribution in [0.4, 0.5) is 4.39 Å². The Labute approximate surface area is 215 Å². The lowest BCUT2D eigenvalue weighted by Gasteiger charge is -2.35. The molecule has 5 rings (SSSR count). The predicted molar refractivity (Wildman–Crippen MR) is 142 cm³/mol. The molecule has 2 aromatic heterocycles. The van der Waals surface area contributed by atoms with Gasteiger partial charge in [-0.15, -0.1) is 0 Å². The van der Waals surface area contributed by atoms with Gasteiger partial charge in [-0.25, -0.2) is 9.37 Å². The van der Waals surface area contributed by atoms with Gasteiger partial charge < -0.3 is 9.30 Å². The van der Waals surface area contributed by atoms with Crippen molar-refractivity contribution < 1.29 is 9.18 Å². The molecule has 2 aromatic carbocycles. The van der Waals surface area contributed by atoms with E-state index >= 15 is 0 Å². The van der Waals surface area contributed by atoms with Crippen LogP contribution in [0.1, 0.15) is 29.2 Å². The van der Waals surface area contributed by atoms with Crippen LogP contribution >= 0.6 is 11.6 Å². The average Bonchev–Trinajstić information content (AvgIpc) is 3.31. The van der Waals surface area contributed by atoms with E-state index < -0.39 is 5.92 Å². The first-order chi connectivity index (χ1) is 17.6. The number of carbonyl (C=O) groups is 1. The minimum Gasteiger partial charge on any atom is -0.340 e. The molecule has 1 aliphatic rings. The Morgan fingerprint density at radius 1 is 1.00 bits per heavy atom. The maximum Gasteiger partial charge on any atom is 0.223 e. The highest BCUT2D eigenvalue weighted by Crippen LogP contribution is 2.32. The molecule has 0 spiro atoms. The van der Waals surface area contributed by atoms with E-state index in [9.17, 15) is 9.18 Å². The minimum absolute atomic E-state index is 0.0136. The lowest BCUT2D eigenvalue weighted by Crippen LogP contribution is -2.48. The van der Waals surface area contributed by atoms with Gasteiger partial charge in [-0.05, 0) is 29.3 Å². The number of rotatable bonds is 7. The normalized spacial score (nSPS) is 15.6. The quantitative estimate of drug-likeness (QED) is 0.335. The number of nitrogens with zero attached hydrogens (tertiary/aromatic N) is 4. The van der Waals surface area contributed by atoms with Crippen LogP contribution in [-0.2, 0) is 4.79 Å². The fourth-order valence-corrected chi connectivity index (χ4v) is 4.91. The zero-order chi connectivity index (χ0) is 24.9. The van der Waals surface area contributed by atoms with Crippen LogP contribution < -0.4 is 0 Å². The number of imidazole rings is 1. The van der Waals surface area contributed by atoms with Gasteiger partial charge in [0.25, 0.3) is 0 Å². The van der Waals surface area contributed by atoms with E-state index in [-0.39, 0.29) is 18.1 Å². The molecule has 3 heterocycles. The second kappa shape index (κ2) is 11.1. The third kappa shape index (κ3) is 5.50. The molecule has 1 unspecified atom stereocenters. The van der Waals surface area contributed by atoms with Crippen LogP contribution in [0.25, 0.3) is 11.7 Å². The van der Waals surface area contributed by atoms with Gasteiger partial charge in [0.1, 0.15) is 11.5 Å². The van der Waals surface area contributed by atoms with Crippen LogP contribution in [-0.4, -0.2) is 57.8 Å². The van der Waals surface area contributed by atoms with E-state index in [1.807, 2.05) is 33.6 Å². The fraction of sp³-hybridized carbons (Fsp3) is 0.241. The van der Waals surface area contributed by atoms with Gasteiger partial charge in [0, 0.05) is 57.5 Å². The number of aromatic nitrogens is 2. The SMILES string of the molecule is O=C(CC(c1ccccc1F)c1cnc2ccc(Cl)cn12)N1CCN(CC=Cc2ccccc2)CC1. The van der Waals surface area contributed by atoms with Crippen LogP contribution in [0.5, 0.6) is 0 Å². The summed E-state index contributed by atoms with van der Waals surface area (Å²) in [6.45, 7) is 3.76. The Morgan fingerprint density at radius 2 is 1.75 bits per heavy atom. The first-order valence-corrected chi connectivity index (χ1v) is 12.5. The second-order valence-electron chi connectivity index (χ2n) is 9.03. The number of halogens is 2. The molecule has 1 atom stereocenters. The number of benzene rings is 2. The standard InChI is InChI=1S/C29H28ClFN4O/c30-23-12-13-28-32-20-27(35(28)21-23)25(24-10-4-5-11-26(24)31)19-29(36)34-17-15-33(16-18-34)14-6-9-22-7-2-1-3-8-22/h1-13,20-21,25H,14-19H2. The molecule has 36 heavy (non-hydrogen) atoms. The molecule has 0 N–H and O–H groups in total. The van der Waals surface area contributed by atoms with Crippen molar-refractivity contribution in [2.24, 2.45) is 0 Å². The zero-order valence-corrected chi connectivity index (χ0v) is 20.7. The topological polar surface area (TPSA) is 40.9 Å². The molecule has 4 aromatic rings. The summed E-state index contributed by atoms with van der Waals surface area (Å²) in [4.78, 5) is 22.1. The summed E-state index contributed by atoms with van der Waals surface area (Å²) in [5.41, 5.74) is 3.12. The number of hydrogen-bond acceptors (Lipinski definition) is 3. The Hall–Kier alpha value is -3.48. The van der Waals surface area contributed by atoms with Crippen molar-refractivity contribution >= 4 is 29.2 Å². The van der Waals surface area contributed by atoms with Crippen LogP contribution in [0.3, 0.4) is 0 Å². The van der Waals surface area contributed by atoms with E-state index in [2.05, 4.69) is 34.2 Å². The molecule has 0 bridgehead atoms. The van der Waals surface area contributed by atoms with Gasteiger partial charge in [0.2, 0.25) is 5.91 Å². The van der Waals surface area contributed by atoms with Gasteiger partial charge in [-0.2, -0.15) is 0 Å². The summed E-state index contributed by atoms with van der Waals surface area (Å²) < 4.78 is 16.8.